The smallest absolute Gasteiger partial charge is 0.186 e. The molecule has 0 aliphatic carbocycles. The molecule has 1 aromatic carbocycles. The van der Waals surface area contributed by atoms with Crippen LogP contribution in [0.2, 0.25) is 0 Å². The first-order valence-corrected chi connectivity index (χ1v) is 11.5. The number of anilines is 1. The Kier molecular flexibility index (Phi) is 5.22. The van der Waals surface area contributed by atoms with E-state index in [9.17, 15) is 4.39 Å². The molecular formula is C23H27FN4S. The number of benzene rings is 1. The fraction of sp³-hybridized carbons (Fsp3) is 0.478. The number of halogens is 1. The molecule has 1 unspecified atom stereocenters. The van der Waals surface area contributed by atoms with Crippen LogP contribution in [0, 0.1) is 11.7 Å². The van der Waals surface area contributed by atoms with E-state index in [1.54, 1.807) is 23.5 Å². The van der Waals surface area contributed by atoms with Crippen molar-refractivity contribution in [3.8, 4) is 11.3 Å². The molecular weight excluding hydrogens is 383 g/mol. The molecule has 3 aromatic rings. The summed E-state index contributed by atoms with van der Waals surface area (Å²) in [6.45, 7) is 7.08. The van der Waals surface area contributed by atoms with Crippen LogP contribution < -0.4 is 4.90 Å². The molecule has 0 spiro atoms. The van der Waals surface area contributed by atoms with Crippen molar-refractivity contribution in [1.29, 1.82) is 0 Å². The molecule has 0 saturated carbocycles. The summed E-state index contributed by atoms with van der Waals surface area (Å²) in [5.74, 6) is 0.617. The summed E-state index contributed by atoms with van der Waals surface area (Å²) in [5.41, 5.74) is 2.74. The standard InChI is InChI=1S/C23H27FN4S/c1-16-3-2-10-28(15-16)19-8-11-27(12-9-19)23-26-21-14-25-20(13-22(21)29-23)17-4-6-18(24)7-5-17/h4-7,13-14,16,19H,2-3,8-12,15H2,1H3. The Morgan fingerprint density at radius 1 is 1.07 bits per heavy atom. The SMILES string of the molecule is CC1CCCN(C2CCN(c3nc4cnc(-c5ccc(F)cc5)cc4s3)CC2)C1. The number of piperidine rings is 2. The van der Waals surface area contributed by atoms with E-state index in [-0.39, 0.29) is 5.82 Å². The van der Waals surface area contributed by atoms with E-state index in [2.05, 4.69) is 27.8 Å². The molecule has 5 rings (SSSR count). The molecule has 6 heteroatoms. The van der Waals surface area contributed by atoms with E-state index in [0.717, 1.165) is 51.7 Å². The third-order valence-electron chi connectivity index (χ3n) is 6.34. The van der Waals surface area contributed by atoms with Crippen molar-refractivity contribution in [3.05, 3.63) is 42.3 Å². The molecule has 0 amide bonds. The zero-order chi connectivity index (χ0) is 19.8. The number of aromatic nitrogens is 2. The summed E-state index contributed by atoms with van der Waals surface area (Å²) in [6, 6.07) is 9.31. The van der Waals surface area contributed by atoms with Crippen molar-refractivity contribution in [2.75, 3.05) is 31.1 Å². The second kappa shape index (κ2) is 8.00. The molecule has 2 fully saturated rings. The lowest BCUT2D eigenvalue weighted by Gasteiger charge is -2.41. The van der Waals surface area contributed by atoms with Crippen molar-refractivity contribution >= 4 is 26.7 Å². The van der Waals surface area contributed by atoms with Gasteiger partial charge in [0.15, 0.2) is 5.13 Å². The molecule has 4 heterocycles. The van der Waals surface area contributed by atoms with Gasteiger partial charge in [-0.2, -0.15) is 0 Å². The van der Waals surface area contributed by atoms with Crippen molar-refractivity contribution in [1.82, 2.24) is 14.9 Å². The van der Waals surface area contributed by atoms with Crippen LogP contribution in [0.25, 0.3) is 21.5 Å². The van der Waals surface area contributed by atoms with Crippen molar-refractivity contribution in [2.24, 2.45) is 5.92 Å². The number of fused-ring (bicyclic) bond motifs is 1. The Bertz CT molecular complexity index is 978. The van der Waals surface area contributed by atoms with Crippen LogP contribution in [0.4, 0.5) is 9.52 Å². The highest BCUT2D eigenvalue weighted by molar-refractivity contribution is 7.22. The lowest BCUT2D eigenvalue weighted by atomic mass is 9.95. The first-order valence-electron chi connectivity index (χ1n) is 10.7. The summed E-state index contributed by atoms with van der Waals surface area (Å²) in [7, 11) is 0. The Morgan fingerprint density at radius 3 is 2.62 bits per heavy atom. The second-order valence-electron chi connectivity index (χ2n) is 8.50. The average Bonchev–Trinajstić information content (AvgIpc) is 3.18. The molecule has 0 bridgehead atoms. The first kappa shape index (κ1) is 18.9. The summed E-state index contributed by atoms with van der Waals surface area (Å²) in [4.78, 5) is 14.5. The predicted molar refractivity (Wildman–Crippen MR) is 118 cm³/mol. The Morgan fingerprint density at radius 2 is 1.86 bits per heavy atom. The quantitative estimate of drug-likeness (QED) is 0.594. The molecule has 2 saturated heterocycles. The third-order valence-corrected chi connectivity index (χ3v) is 7.42. The van der Waals surface area contributed by atoms with Crippen LogP contribution in [-0.2, 0) is 0 Å². The second-order valence-corrected chi connectivity index (χ2v) is 9.51. The van der Waals surface area contributed by atoms with Crippen LogP contribution in [0.1, 0.15) is 32.6 Å². The lowest BCUT2D eigenvalue weighted by molar-refractivity contribution is 0.112. The van der Waals surface area contributed by atoms with Gasteiger partial charge < -0.3 is 4.90 Å². The largest absolute Gasteiger partial charge is 0.348 e. The van der Waals surface area contributed by atoms with Crippen molar-refractivity contribution in [3.63, 3.8) is 0 Å². The van der Waals surface area contributed by atoms with Gasteiger partial charge in [-0.15, -0.1) is 0 Å². The number of pyridine rings is 1. The van der Waals surface area contributed by atoms with Crippen LogP contribution >= 0.6 is 11.3 Å². The fourth-order valence-electron chi connectivity index (χ4n) is 4.71. The molecule has 2 aliphatic heterocycles. The topological polar surface area (TPSA) is 32.3 Å². The van der Waals surface area contributed by atoms with E-state index < -0.39 is 0 Å². The zero-order valence-corrected chi connectivity index (χ0v) is 17.7. The van der Waals surface area contributed by atoms with Gasteiger partial charge >= 0.3 is 0 Å². The van der Waals surface area contributed by atoms with Gasteiger partial charge in [-0.05, 0) is 68.5 Å². The molecule has 2 aromatic heterocycles. The average molecular weight is 411 g/mol. The van der Waals surface area contributed by atoms with Gasteiger partial charge in [0.2, 0.25) is 0 Å². The number of hydrogen-bond donors (Lipinski definition) is 0. The van der Waals surface area contributed by atoms with Gasteiger partial charge in [0.25, 0.3) is 0 Å². The monoisotopic (exact) mass is 410 g/mol. The summed E-state index contributed by atoms with van der Waals surface area (Å²) < 4.78 is 14.3. The van der Waals surface area contributed by atoms with E-state index in [1.807, 2.05) is 6.20 Å². The van der Waals surface area contributed by atoms with E-state index in [1.165, 1.54) is 50.9 Å². The number of hydrogen-bond acceptors (Lipinski definition) is 5. The van der Waals surface area contributed by atoms with Crippen molar-refractivity contribution < 1.29 is 4.39 Å². The molecule has 2 aliphatic rings. The van der Waals surface area contributed by atoms with Crippen LogP contribution in [0.5, 0.6) is 0 Å². The summed E-state index contributed by atoms with van der Waals surface area (Å²) in [5, 5.41) is 1.10. The van der Waals surface area contributed by atoms with E-state index in [0.29, 0.717) is 0 Å². The summed E-state index contributed by atoms with van der Waals surface area (Å²) in [6.07, 6.45) is 7.02. The van der Waals surface area contributed by atoms with Crippen LogP contribution in [0.15, 0.2) is 36.5 Å². The van der Waals surface area contributed by atoms with Gasteiger partial charge in [-0.3, -0.25) is 9.88 Å². The molecule has 1 atom stereocenters. The van der Waals surface area contributed by atoms with Crippen molar-refractivity contribution in [2.45, 2.75) is 38.6 Å². The first-order chi connectivity index (χ1) is 14.2. The number of rotatable bonds is 3. The van der Waals surface area contributed by atoms with Gasteiger partial charge in [-0.1, -0.05) is 18.3 Å². The predicted octanol–water partition coefficient (Wildman–Crippen LogP) is 5.20. The van der Waals surface area contributed by atoms with E-state index in [4.69, 9.17) is 4.98 Å². The minimum Gasteiger partial charge on any atom is -0.348 e. The third kappa shape index (κ3) is 4.01. The number of thiazole rings is 1. The van der Waals surface area contributed by atoms with Gasteiger partial charge in [0.1, 0.15) is 11.3 Å². The minimum absolute atomic E-state index is 0.225. The maximum atomic E-state index is 13.2. The Balaban J connectivity index is 1.29. The lowest BCUT2D eigenvalue weighted by Crippen LogP contribution is -2.48. The summed E-state index contributed by atoms with van der Waals surface area (Å²) >= 11 is 1.74. The number of likely N-dealkylation sites (tertiary alicyclic amines) is 1. The number of nitrogens with zero attached hydrogens (tertiary/aromatic N) is 4. The van der Waals surface area contributed by atoms with Gasteiger partial charge in [-0.25, -0.2) is 9.37 Å². The molecule has 0 radical (unpaired) electrons. The Hall–Kier alpha value is -2.05. The highest BCUT2D eigenvalue weighted by atomic mass is 32.1. The maximum Gasteiger partial charge on any atom is 0.186 e. The molecule has 0 N–H and O–H groups in total. The normalized spacial score (nSPS) is 21.7. The minimum atomic E-state index is -0.225. The van der Waals surface area contributed by atoms with Gasteiger partial charge in [0, 0.05) is 31.2 Å². The highest BCUT2D eigenvalue weighted by Crippen LogP contribution is 2.33. The van der Waals surface area contributed by atoms with Crippen LogP contribution in [0.3, 0.4) is 0 Å². The molecule has 4 nitrogen and oxygen atoms in total. The Labute approximate surface area is 175 Å². The van der Waals surface area contributed by atoms with Crippen LogP contribution in [-0.4, -0.2) is 47.1 Å². The molecule has 152 valence electrons. The zero-order valence-electron chi connectivity index (χ0n) is 16.9. The van der Waals surface area contributed by atoms with Gasteiger partial charge in [0.05, 0.1) is 16.6 Å². The van der Waals surface area contributed by atoms with E-state index >= 15 is 0 Å². The maximum absolute atomic E-state index is 13.2. The highest BCUT2D eigenvalue weighted by Gasteiger charge is 2.28. The fourth-order valence-corrected chi connectivity index (χ4v) is 5.74. The molecule has 29 heavy (non-hydrogen) atoms.